The van der Waals surface area contributed by atoms with E-state index in [2.05, 4.69) is 5.10 Å². The van der Waals surface area contributed by atoms with Crippen molar-refractivity contribution in [3.8, 4) is 11.5 Å². The van der Waals surface area contributed by atoms with Crippen LogP contribution in [0.1, 0.15) is 26.7 Å². The van der Waals surface area contributed by atoms with Crippen LogP contribution in [0.5, 0.6) is 11.5 Å². The fourth-order valence-corrected chi connectivity index (χ4v) is 2.04. The number of carbonyl (C=O) groups excluding carboxylic acids is 3. The Labute approximate surface area is 157 Å². The third-order valence-electron chi connectivity index (χ3n) is 3.22. The molecule has 142 valence electrons. The van der Waals surface area contributed by atoms with Gasteiger partial charge in [-0.05, 0) is 36.4 Å². The average molecular weight is 383 g/mol. The van der Waals surface area contributed by atoms with Crippen molar-refractivity contribution in [2.24, 2.45) is 10.8 Å². The van der Waals surface area contributed by atoms with Gasteiger partial charge in [-0.1, -0.05) is 0 Å². The van der Waals surface area contributed by atoms with E-state index in [-0.39, 0.29) is 23.0 Å². The molecule has 2 amide bonds. The minimum Gasteiger partial charge on any atom is -0.457 e. The summed E-state index contributed by atoms with van der Waals surface area (Å²) >= 11 is 0. The van der Waals surface area contributed by atoms with Crippen LogP contribution in [0, 0.1) is 0 Å². The average Bonchev–Trinajstić information content (AvgIpc) is 3.37. The van der Waals surface area contributed by atoms with Crippen molar-refractivity contribution in [2.45, 2.75) is 0 Å². The number of nitrogens with zero attached hydrogens (tertiary/aromatic N) is 1. The molecule has 10 nitrogen and oxygen atoms in total. The van der Waals surface area contributed by atoms with Crippen LogP contribution in [0.15, 0.2) is 68.9 Å². The van der Waals surface area contributed by atoms with Crippen LogP contribution < -0.4 is 20.6 Å². The molecular formula is C18H13N3O7. The highest BCUT2D eigenvalue weighted by Gasteiger charge is 2.17. The molecule has 0 spiro atoms. The van der Waals surface area contributed by atoms with Gasteiger partial charge in [0.2, 0.25) is 11.5 Å². The van der Waals surface area contributed by atoms with Gasteiger partial charge in [0.05, 0.1) is 18.7 Å². The lowest BCUT2D eigenvalue weighted by Gasteiger charge is -2.09. The lowest BCUT2D eigenvalue weighted by atomic mass is 10.2. The molecule has 0 bridgehead atoms. The molecule has 0 unspecified atom stereocenters. The van der Waals surface area contributed by atoms with Gasteiger partial charge in [-0.15, -0.1) is 0 Å². The first kappa shape index (κ1) is 18.5. The smallest absolute Gasteiger partial charge is 0.379 e. The SMILES string of the molecule is NC(=O)N/N=C/c1ccc(OC(=O)c2ccco2)cc1OC(=O)c1ccco1. The quantitative estimate of drug-likeness (QED) is 0.287. The molecule has 3 aromatic rings. The first-order chi connectivity index (χ1) is 13.5. The Morgan fingerprint density at radius 3 is 2.18 bits per heavy atom. The largest absolute Gasteiger partial charge is 0.457 e. The van der Waals surface area contributed by atoms with Crippen molar-refractivity contribution in [3.63, 3.8) is 0 Å². The number of rotatable bonds is 6. The third kappa shape index (κ3) is 4.64. The molecule has 3 rings (SSSR count). The summed E-state index contributed by atoms with van der Waals surface area (Å²) in [7, 11) is 0. The summed E-state index contributed by atoms with van der Waals surface area (Å²) in [5, 5.41) is 3.62. The Kier molecular flexibility index (Phi) is 5.51. The van der Waals surface area contributed by atoms with E-state index in [0.717, 1.165) is 0 Å². The summed E-state index contributed by atoms with van der Waals surface area (Å²) < 4.78 is 20.4. The van der Waals surface area contributed by atoms with Gasteiger partial charge in [-0.3, -0.25) is 0 Å². The number of hydrazone groups is 1. The van der Waals surface area contributed by atoms with E-state index in [4.69, 9.17) is 24.0 Å². The minimum atomic E-state index is -0.866. The Morgan fingerprint density at radius 1 is 0.964 bits per heavy atom. The third-order valence-corrected chi connectivity index (χ3v) is 3.22. The number of hydrogen-bond donors (Lipinski definition) is 2. The second-order valence-corrected chi connectivity index (χ2v) is 5.17. The van der Waals surface area contributed by atoms with Gasteiger partial charge in [0.1, 0.15) is 11.5 Å². The van der Waals surface area contributed by atoms with E-state index in [1.54, 1.807) is 6.07 Å². The summed E-state index contributed by atoms with van der Waals surface area (Å²) in [5.41, 5.74) is 7.25. The highest BCUT2D eigenvalue weighted by molar-refractivity contribution is 5.92. The Morgan fingerprint density at radius 2 is 1.61 bits per heavy atom. The Hall–Kier alpha value is -4.34. The van der Waals surface area contributed by atoms with Crippen LogP contribution in [0.25, 0.3) is 0 Å². The molecule has 0 aliphatic carbocycles. The van der Waals surface area contributed by atoms with Crippen molar-refractivity contribution < 1.29 is 32.7 Å². The van der Waals surface area contributed by atoms with Crippen molar-refractivity contribution in [1.82, 2.24) is 5.43 Å². The second kappa shape index (κ2) is 8.36. The number of ether oxygens (including phenoxy) is 2. The summed E-state index contributed by atoms with van der Waals surface area (Å²) in [5.74, 6) is -1.45. The minimum absolute atomic E-state index is 0.00108. The zero-order valence-corrected chi connectivity index (χ0v) is 14.2. The predicted octanol–water partition coefficient (Wildman–Crippen LogP) is 2.31. The predicted molar refractivity (Wildman–Crippen MR) is 94.1 cm³/mol. The van der Waals surface area contributed by atoms with Crippen molar-refractivity contribution in [2.75, 3.05) is 0 Å². The van der Waals surface area contributed by atoms with E-state index < -0.39 is 18.0 Å². The highest BCUT2D eigenvalue weighted by atomic mass is 16.6. The molecule has 0 radical (unpaired) electrons. The number of nitrogens with two attached hydrogens (primary N) is 1. The number of amides is 2. The standard InChI is InChI=1S/C18H13N3O7/c19-18(24)21-20-10-11-5-6-12(27-16(22)13-3-1-7-25-13)9-15(11)28-17(23)14-4-2-8-26-14/h1-10H,(H3,19,21,24)/b20-10+. The summed E-state index contributed by atoms with van der Waals surface area (Å²) in [6, 6.07) is 9.26. The number of hydrogen-bond acceptors (Lipinski definition) is 8. The van der Waals surface area contributed by atoms with Gasteiger partial charge in [0.15, 0.2) is 0 Å². The number of urea groups is 1. The second-order valence-electron chi connectivity index (χ2n) is 5.17. The van der Waals surface area contributed by atoms with Crippen LogP contribution in [0.2, 0.25) is 0 Å². The van der Waals surface area contributed by atoms with Gasteiger partial charge in [-0.2, -0.15) is 5.10 Å². The van der Waals surface area contributed by atoms with Gasteiger partial charge < -0.3 is 24.0 Å². The molecule has 28 heavy (non-hydrogen) atoms. The number of nitrogens with one attached hydrogen (secondary N) is 1. The molecule has 0 atom stereocenters. The first-order valence-corrected chi connectivity index (χ1v) is 7.77. The molecule has 2 aromatic heterocycles. The fraction of sp³-hybridized carbons (Fsp3) is 0. The number of carbonyl (C=O) groups is 3. The molecule has 3 N–H and O–H groups in total. The molecule has 10 heteroatoms. The van der Waals surface area contributed by atoms with E-state index in [1.165, 1.54) is 55.1 Å². The molecule has 0 aliphatic heterocycles. The normalized spacial score (nSPS) is 10.6. The number of primary amides is 1. The Balaban J connectivity index is 1.84. The Bertz CT molecular complexity index is 1010. The van der Waals surface area contributed by atoms with Gasteiger partial charge in [-0.25, -0.2) is 19.8 Å². The van der Waals surface area contributed by atoms with Crippen LogP contribution in [0.3, 0.4) is 0 Å². The summed E-state index contributed by atoms with van der Waals surface area (Å²) in [6.45, 7) is 0. The van der Waals surface area contributed by atoms with Crippen LogP contribution >= 0.6 is 0 Å². The maximum atomic E-state index is 12.2. The molecule has 0 fully saturated rings. The lowest BCUT2D eigenvalue weighted by Crippen LogP contribution is -2.24. The highest BCUT2D eigenvalue weighted by Crippen LogP contribution is 2.26. The van der Waals surface area contributed by atoms with Gasteiger partial charge in [0, 0.05) is 11.6 Å². The molecule has 1 aromatic carbocycles. The van der Waals surface area contributed by atoms with Crippen molar-refractivity contribution in [3.05, 3.63) is 72.1 Å². The zero-order valence-electron chi connectivity index (χ0n) is 14.2. The number of esters is 2. The van der Waals surface area contributed by atoms with Gasteiger partial charge >= 0.3 is 18.0 Å². The van der Waals surface area contributed by atoms with E-state index >= 15 is 0 Å². The monoisotopic (exact) mass is 383 g/mol. The fourth-order valence-electron chi connectivity index (χ4n) is 2.04. The van der Waals surface area contributed by atoms with Crippen LogP contribution in [-0.4, -0.2) is 24.2 Å². The van der Waals surface area contributed by atoms with Crippen LogP contribution in [-0.2, 0) is 0 Å². The maximum absolute atomic E-state index is 12.2. The summed E-state index contributed by atoms with van der Waals surface area (Å²) in [4.78, 5) is 34.9. The molecule has 2 heterocycles. The number of benzene rings is 1. The van der Waals surface area contributed by atoms with Crippen LogP contribution in [0.4, 0.5) is 4.79 Å². The maximum Gasteiger partial charge on any atom is 0.379 e. The molecule has 0 saturated carbocycles. The van der Waals surface area contributed by atoms with Crippen molar-refractivity contribution in [1.29, 1.82) is 0 Å². The molecule has 0 aliphatic rings. The van der Waals surface area contributed by atoms with E-state index in [0.29, 0.717) is 5.56 Å². The molecular weight excluding hydrogens is 370 g/mol. The van der Waals surface area contributed by atoms with Crippen molar-refractivity contribution >= 4 is 24.2 Å². The van der Waals surface area contributed by atoms with E-state index in [1.807, 2.05) is 5.43 Å². The topological polar surface area (TPSA) is 146 Å². The number of furan rings is 2. The lowest BCUT2D eigenvalue weighted by molar-refractivity contribution is 0.0698. The summed E-state index contributed by atoms with van der Waals surface area (Å²) in [6.07, 6.45) is 3.85. The van der Waals surface area contributed by atoms with Gasteiger partial charge in [0.25, 0.3) is 0 Å². The molecule has 0 saturated heterocycles. The zero-order chi connectivity index (χ0) is 19.9. The first-order valence-electron chi connectivity index (χ1n) is 7.77. The van der Waals surface area contributed by atoms with E-state index in [9.17, 15) is 14.4 Å².